The first-order valence-corrected chi connectivity index (χ1v) is 7.28. The van der Waals surface area contributed by atoms with Gasteiger partial charge in [-0.05, 0) is 44.1 Å². The first kappa shape index (κ1) is 13.3. The molecule has 1 saturated carbocycles. The van der Waals surface area contributed by atoms with Crippen molar-refractivity contribution < 1.29 is 4.79 Å². The van der Waals surface area contributed by atoms with Crippen molar-refractivity contribution in [2.24, 2.45) is 5.92 Å². The van der Waals surface area contributed by atoms with E-state index in [9.17, 15) is 4.79 Å². The van der Waals surface area contributed by atoms with Gasteiger partial charge < -0.3 is 0 Å². The van der Waals surface area contributed by atoms with Crippen LogP contribution in [-0.2, 0) is 11.2 Å². The SMILES string of the molecule is CCC(CC)n1ccc(CC2CCC(=O)CC2)n1. The molecule has 18 heavy (non-hydrogen) atoms. The second kappa shape index (κ2) is 6.17. The smallest absolute Gasteiger partial charge is 0.132 e. The van der Waals surface area contributed by atoms with Crippen LogP contribution >= 0.6 is 0 Å². The Labute approximate surface area is 110 Å². The number of hydrogen-bond acceptors (Lipinski definition) is 2. The quantitative estimate of drug-likeness (QED) is 0.798. The van der Waals surface area contributed by atoms with Crippen LogP contribution in [0, 0.1) is 5.92 Å². The van der Waals surface area contributed by atoms with Crippen LogP contribution in [0.25, 0.3) is 0 Å². The van der Waals surface area contributed by atoms with Gasteiger partial charge in [0.1, 0.15) is 5.78 Å². The Morgan fingerprint density at radius 2 is 2.00 bits per heavy atom. The third-order valence-corrected chi connectivity index (χ3v) is 4.14. The molecule has 100 valence electrons. The fourth-order valence-corrected chi connectivity index (χ4v) is 2.85. The lowest BCUT2D eigenvalue weighted by Gasteiger charge is -2.19. The van der Waals surface area contributed by atoms with Crippen molar-refractivity contribution in [1.82, 2.24) is 9.78 Å². The predicted molar refractivity (Wildman–Crippen MR) is 72.5 cm³/mol. The van der Waals surface area contributed by atoms with Gasteiger partial charge in [0.15, 0.2) is 0 Å². The molecule has 0 aromatic carbocycles. The van der Waals surface area contributed by atoms with E-state index >= 15 is 0 Å². The molecule has 1 fully saturated rings. The highest BCUT2D eigenvalue weighted by atomic mass is 16.1. The summed E-state index contributed by atoms with van der Waals surface area (Å²) in [7, 11) is 0. The van der Waals surface area contributed by atoms with Crippen molar-refractivity contribution in [3.8, 4) is 0 Å². The maximum atomic E-state index is 11.2. The maximum Gasteiger partial charge on any atom is 0.132 e. The zero-order valence-electron chi connectivity index (χ0n) is 11.6. The Morgan fingerprint density at radius 1 is 1.33 bits per heavy atom. The van der Waals surface area contributed by atoms with E-state index < -0.39 is 0 Å². The monoisotopic (exact) mass is 248 g/mol. The summed E-state index contributed by atoms with van der Waals surface area (Å²) in [4.78, 5) is 11.2. The fraction of sp³-hybridized carbons (Fsp3) is 0.733. The molecule has 0 saturated heterocycles. The van der Waals surface area contributed by atoms with Crippen LogP contribution in [0.5, 0.6) is 0 Å². The molecule has 2 rings (SSSR count). The van der Waals surface area contributed by atoms with E-state index in [0.29, 0.717) is 17.7 Å². The Balaban J connectivity index is 1.92. The molecule has 1 heterocycles. The van der Waals surface area contributed by atoms with Gasteiger partial charge in [-0.15, -0.1) is 0 Å². The van der Waals surface area contributed by atoms with E-state index in [1.54, 1.807) is 0 Å². The summed E-state index contributed by atoms with van der Waals surface area (Å²) in [5.41, 5.74) is 1.20. The number of Topliss-reactive ketones (excluding diaryl/α,β-unsaturated/α-hetero) is 1. The van der Waals surface area contributed by atoms with Crippen LogP contribution in [-0.4, -0.2) is 15.6 Å². The summed E-state index contributed by atoms with van der Waals surface area (Å²) >= 11 is 0. The third kappa shape index (κ3) is 3.21. The van der Waals surface area contributed by atoms with Crippen LogP contribution in [0.2, 0.25) is 0 Å². The molecule has 1 aliphatic rings. The highest BCUT2D eigenvalue weighted by Crippen LogP contribution is 2.25. The number of nitrogens with zero attached hydrogens (tertiary/aromatic N) is 2. The van der Waals surface area contributed by atoms with E-state index in [0.717, 1.165) is 44.9 Å². The van der Waals surface area contributed by atoms with Crippen LogP contribution in [0.1, 0.15) is 64.1 Å². The molecule has 1 aromatic heterocycles. The Kier molecular flexibility index (Phi) is 4.56. The average Bonchev–Trinajstić information content (AvgIpc) is 2.82. The van der Waals surface area contributed by atoms with Gasteiger partial charge in [-0.3, -0.25) is 9.48 Å². The zero-order chi connectivity index (χ0) is 13.0. The molecule has 0 N–H and O–H groups in total. The molecule has 0 bridgehead atoms. The number of rotatable bonds is 5. The van der Waals surface area contributed by atoms with Crippen LogP contribution in [0.4, 0.5) is 0 Å². The molecule has 0 radical (unpaired) electrons. The minimum Gasteiger partial charge on any atom is -0.300 e. The standard InChI is InChI=1S/C15H24N2O/c1-3-14(4-2)17-10-9-13(16-17)11-12-5-7-15(18)8-6-12/h9-10,12,14H,3-8,11H2,1-2H3. The first-order chi connectivity index (χ1) is 8.72. The number of aromatic nitrogens is 2. The summed E-state index contributed by atoms with van der Waals surface area (Å²) in [5, 5.41) is 4.70. The van der Waals surface area contributed by atoms with Crippen molar-refractivity contribution >= 4 is 5.78 Å². The van der Waals surface area contributed by atoms with E-state index in [-0.39, 0.29) is 0 Å². The molecule has 0 amide bonds. The molecule has 1 aliphatic carbocycles. The molecule has 0 aliphatic heterocycles. The van der Waals surface area contributed by atoms with Gasteiger partial charge in [-0.25, -0.2) is 0 Å². The van der Waals surface area contributed by atoms with Crippen LogP contribution in [0.3, 0.4) is 0 Å². The summed E-state index contributed by atoms with van der Waals surface area (Å²) < 4.78 is 2.11. The van der Waals surface area contributed by atoms with Crippen molar-refractivity contribution in [3.05, 3.63) is 18.0 Å². The van der Waals surface area contributed by atoms with E-state index in [4.69, 9.17) is 5.10 Å². The summed E-state index contributed by atoms with van der Waals surface area (Å²) in [6, 6.07) is 2.68. The van der Waals surface area contributed by atoms with Crippen molar-refractivity contribution in [2.75, 3.05) is 0 Å². The Bertz CT molecular complexity index is 383. The molecule has 3 heteroatoms. The number of ketones is 1. The second-order valence-corrected chi connectivity index (χ2v) is 5.44. The highest BCUT2D eigenvalue weighted by molar-refractivity contribution is 5.79. The van der Waals surface area contributed by atoms with Gasteiger partial charge in [0.05, 0.1) is 11.7 Å². The normalized spacial score (nSPS) is 17.6. The Morgan fingerprint density at radius 3 is 2.61 bits per heavy atom. The summed E-state index contributed by atoms with van der Waals surface area (Å²) in [6.07, 6.45) is 9.08. The van der Waals surface area contributed by atoms with Gasteiger partial charge >= 0.3 is 0 Å². The predicted octanol–water partition coefficient (Wildman–Crippen LogP) is 3.55. The largest absolute Gasteiger partial charge is 0.300 e. The number of carbonyl (C=O) groups excluding carboxylic acids is 1. The van der Waals surface area contributed by atoms with Crippen molar-refractivity contribution in [2.45, 2.75) is 64.8 Å². The van der Waals surface area contributed by atoms with Crippen LogP contribution < -0.4 is 0 Å². The van der Waals surface area contributed by atoms with Gasteiger partial charge in [-0.1, -0.05) is 13.8 Å². The average molecular weight is 248 g/mol. The topological polar surface area (TPSA) is 34.9 Å². The highest BCUT2D eigenvalue weighted by Gasteiger charge is 2.20. The molecular formula is C15H24N2O. The van der Waals surface area contributed by atoms with Gasteiger partial charge in [-0.2, -0.15) is 5.10 Å². The molecule has 0 unspecified atom stereocenters. The second-order valence-electron chi connectivity index (χ2n) is 5.44. The molecule has 0 atom stereocenters. The van der Waals surface area contributed by atoms with E-state index in [1.165, 1.54) is 5.69 Å². The first-order valence-electron chi connectivity index (χ1n) is 7.28. The number of hydrogen-bond donors (Lipinski definition) is 0. The fourth-order valence-electron chi connectivity index (χ4n) is 2.85. The number of carbonyl (C=O) groups is 1. The van der Waals surface area contributed by atoms with Crippen molar-refractivity contribution in [3.63, 3.8) is 0 Å². The third-order valence-electron chi connectivity index (χ3n) is 4.14. The minimum absolute atomic E-state index is 0.439. The van der Waals surface area contributed by atoms with E-state index in [2.05, 4.69) is 30.8 Å². The zero-order valence-corrected chi connectivity index (χ0v) is 11.6. The summed E-state index contributed by atoms with van der Waals surface area (Å²) in [5.74, 6) is 1.10. The lowest BCUT2D eigenvalue weighted by atomic mass is 9.85. The van der Waals surface area contributed by atoms with E-state index in [1.807, 2.05) is 0 Å². The van der Waals surface area contributed by atoms with Gasteiger partial charge in [0, 0.05) is 19.0 Å². The Hall–Kier alpha value is -1.12. The van der Waals surface area contributed by atoms with Crippen molar-refractivity contribution in [1.29, 1.82) is 0 Å². The lowest BCUT2D eigenvalue weighted by molar-refractivity contribution is -0.121. The maximum absolute atomic E-state index is 11.2. The molecule has 1 aromatic rings. The van der Waals surface area contributed by atoms with Gasteiger partial charge in [0.2, 0.25) is 0 Å². The van der Waals surface area contributed by atoms with Crippen LogP contribution in [0.15, 0.2) is 12.3 Å². The molecule has 3 nitrogen and oxygen atoms in total. The molecular weight excluding hydrogens is 224 g/mol. The van der Waals surface area contributed by atoms with Gasteiger partial charge in [0.25, 0.3) is 0 Å². The lowest BCUT2D eigenvalue weighted by Crippen LogP contribution is -2.16. The minimum atomic E-state index is 0.439. The molecule has 0 spiro atoms. The summed E-state index contributed by atoms with van der Waals surface area (Å²) in [6.45, 7) is 4.42.